The summed E-state index contributed by atoms with van der Waals surface area (Å²) in [6.07, 6.45) is 0.943. The molecule has 3 heterocycles. The SMILES string of the molecule is CCN(CC)CCN(C(=O)OCCN1CCNCC1)C(=O)c1c(C)[nH]c(C=C2C(=O)Nc3ccc(F)cc32)c1C. The highest BCUT2D eigenvalue weighted by atomic mass is 19.1. The van der Waals surface area contributed by atoms with Crippen molar-refractivity contribution in [3.8, 4) is 0 Å². The van der Waals surface area contributed by atoms with E-state index >= 15 is 0 Å². The van der Waals surface area contributed by atoms with E-state index in [1.165, 1.54) is 23.1 Å². The zero-order valence-electron chi connectivity index (χ0n) is 23.7. The second kappa shape index (κ2) is 13.2. The van der Waals surface area contributed by atoms with Crippen LogP contribution in [0.5, 0.6) is 0 Å². The highest BCUT2D eigenvalue weighted by Gasteiger charge is 2.30. The maximum atomic E-state index is 13.9. The number of aromatic amines is 1. The van der Waals surface area contributed by atoms with Crippen molar-refractivity contribution in [3.05, 3.63) is 52.1 Å². The third-order valence-corrected chi connectivity index (χ3v) is 7.59. The van der Waals surface area contributed by atoms with Gasteiger partial charge in [-0.25, -0.2) is 14.1 Å². The lowest BCUT2D eigenvalue weighted by Gasteiger charge is -2.28. The zero-order chi connectivity index (χ0) is 28.8. The lowest BCUT2D eigenvalue weighted by molar-refractivity contribution is -0.110. The Hall–Kier alpha value is -3.54. The highest BCUT2D eigenvalue weighted by Crippen LogP contribution is 2.34. The Morgan fingerprint density at radius 3 is 2.55 bits per heavy atom. The highest BCUT2D eigenvalue weighted by molar-refractivity contribution is 6.35. The fourth-order valence-electron chi connectivity index (χ4n) is 5.15. The molecule has 40 heavy (non-hydrogen) atoms. The molecule has 0 saturated carbocycles. The second-order valence-corrected chi connectivity index (χ2v) is 10.1. The van der Waals surface area contributed by atoms with E-state index in [0.717, 1.165) is 39.3 Å². The first-order chi connectivity index (χ1) is 19.2. The standard InChI is InChI=1S/C29H39FN6O4/c1-5-34(6-2)13-14-36(29(39)40-16-15-35-11-9-31-10-12-35)28(38)26-19(3)25(32-20(26)4)18-23-22-17-21(30)7-8-24(22)33-27(23)37/h7-8,17-18,31-32H,5-6,9-16H2,1-4H3,(H,33,37). The fraction of sp³-hybridized carbons (Fsp3) is 0.483. The number of likely N-dealkylation sites (N-methyl/N-ethyl adjacent to an activating group) is 1. The summed E-state index contributed by atoms with van der Waals surface area (Å²) in [6, 6.07) is 4.12. The van der Waals surface area contributed by atoms with Crippen molar-refractivity contribution < 1.29 is 23.5 Å². The van der Waals surface area contributed by atoms with Crippen LogP contribution < -0.4 is 10.6 Å². The number of fused-ring (bicyclic) bond motifs is 1. The van der Waals surface area contributed by atoms with Crippen molar-refractivity contribution in [1.29, 1.82) is 0 Å². The predicted molar refractivity (Wildman–Crippen MR) is 153 cm³/mol. The third-order valence-electron chi connectivity index (χ3n) is 7.59. The molecule has 11 heteroatoms. The van der Waals surface area contributed by atoms with Gasteiger partial charge < -0.3 is 25.3 Å². The number of benzene rings is 1. The molecule has 10 nitrogen and oxygen atoms in total. The zero-order valence-corrected chi connectivity index (χ0v) is 23.7. The van der Waals surface area contributed by atoms with Crippen LogP contribution in [0.3, 0.4) is 0 Å². The van der Waals surface area contributed by atoms with E-state index in [1.54, 1.807) is 19.9 Å². The molecule has 1 fully saturated rings. The average Bonchev–Trinajstić information content (AvgIpc) is 3.40. The van der Waals surface area contributed by atoms with E-state index in [0.29, 0.717) is 52.4 Å². The van der Waals surface area contributed by atoms with E-state index in [2.05, 4.69) is 25.4 Å². The number of aromatic nitrogens is 1. The first-order valence-electron chi connectivity index (χ1n) is 13.9. The first-order valence-corrected chi connectivity index (χ1v) is 13.9. The molecule has 1 aromatic heterocycles. The number of nitrogens with zero attached hydrogens (tertiary/aromatic N) is 3. The second-order valence-electron chi connectivity index (χ2n) is 10.1. The van der Waals surface area contributed by atoms with E-state index in [9.17, 15) is 18.8 Å². The minimum Gasteiger partial charge on any atom is -0.448 e. The minimum atomic E-state index is -0.674. The summed E-state index contributed by atoms with van der Waals surface area (Å²) in [5, 5.41) is 6.03. The van der Waals surface area contributed by atoms with Gasteiger partial charge in [0.1, 0.15) is 12.4 Å². The van der Waals surface area contributed by atoms with E-state index in [1.807, 2.05) is 13.8 Å². The summed E-state index contributed by atoms with van der Waals surface area (Å²) >= 11 is 0. The van der Waals surface area contributed by atoms with Crippen molar-refractivity contribution in [3.63, 3.8) is 0 Å². The monoisotopic (exact) mass is 554 g/mol. The quantitative estimate of drug-likeness (QED) is 0.387. The number of carbonyl (C=O) groups is 3. The minimum absolute atomic E-state index is 0.183. The average molecular weight is 555 g/mol. The smallest absolute Gasteiger partial charge is 0.416 e. The van der Waals surface area contributed by atoms with Gasteiger partial charge in [0.15, 0.2) is 0 Å². The van der Waals surface area contributed by atoms with E-state index in [4.69, 9.17) is 4.74 Å². The number of imide groups is 1. The van der Waals surface area contributed by atoms with E-state index in [-0.39, 0.29) is 19.1 Å². The number of carbonyl (C=O) groups excluding carboxylic acids is 3. The number of hydrogen-bond donors (Lipinski definition) is 3. The number of aryl methyl sites for hydroxylation is 1. The van der Waals surface area contributed by atoms with Crippen molar-refractivity contribution >= 4 is 35.2 Å². The van der Waals surface area contributed by atoms with Crippen LogP contribution in [0.2, 0.25) is 0 Å². The Bertz CT molecular complexity index is 1280. The molecule has 2 aliphatic rings. The van der Waals surface area contributed by atoms with Gasteiger partial charge in [-0.3, -0.25) is 14.5 Å². The van der Waals surface area contributed by atoms with Crippen LogP contribution in [0.4, 0.5) is 14.9 Å². The fourth-order valence-corrected chi connectivity index (χ4v) is 5.15. The molecule has 1 aromatic carbocycles. The van der Waals surface area contributed by atoms with Crippen molar-refractivity contribution in [1.82, 2.24) is 25.0 Å². The Balaban J connectivity index is 1.56. The predicted octanol–water partition coefficient (Wildman–Crippen LogP) is 3.09. The summed E-state index contributed by atoms with van der Waals surface area (Å²) in [6.45, 7) is 14.2. The number of rotatable bonds is 10. The van der Waals surface area contributed by atoms with E-state index < -0.39 is 17.8 Å². The molecule has 2 aromatic rings. The van der Waals surface area contributed by atoms with Crippen LogP contribution >= 0.6 is 0 Å². The lowest BCUT2D eigenvalue weighted by Crippen LogP contribution is -2.46. The van der Waals surface area contributed by atoms with Gasteiger partial charge in [-0.1, -0.05) is 13.8 Å². The maximum absolute atomic E-state index is 13.9. The van der Waals surface area contributed by atoms with Gasteiger partial charge in [-0.2, -0.15) is 0 Å². The molecule has 4 rings (SSSR count). The Labute approximate surface area is 234 Å². The summed E-state index contributed by atoms with van der Waals surface area (Å²) < 4.78 is 19.5. The largest absolute Gasteiger partial charge is 0.448 e. The molecule has 0 bridgehead atoms. The number of halogens is 1. The lowest BCUT2D eigenvalue weighted by atomic mass is 10.0. The van der Waals surface area contributed by atoms with Crippen molar-refractivity contribution in [2.45, 2.75) is 27.7 Å². The summed E-state index contributed by atoms with van der Waals surface area (Å²) in [7, 11) is 0. The van der Waals surface area contributed by atoms with Crippen molar-refractivity contribution in [2.24, 2.45) is 0 Å². The van der Waals surface area contributed by atoms with Crippen LogP contribution in [-0.2, 0) is 9.53 Å². The Morgan fingerprint density at radius 1 is 1.12 bits per heavy atom. The third kappa shape index (κ3) is 6.60. The molecule has 3 N–H and O–H groups in total. The van der Waals surface area contributed by atoms with Crippen LogP contribution in [0, 0.1) is 19.7 Å². The van der Waals surface area contributed by atoms with Crippen LogP contribution in [-0.4, -0.2) is 103 Å². The molecule has 0 atom stereocenters. The Kier molecular flexibility index (Phi) is 9.72. The van der Waals surface area contributed by atoms with Crippen LogP contribution in [0.1, 0.15) is 46.7 Å². The van der Waals surface area contributed by atoms with Gasteiger partial charge in [-0.15, -0.1) is 0 Å². The van der Waals surface area contributed by atoms with Crippen molar-refractivity contribution in [2.75, 3.05) is 70.8 Å². The molecule has 0 spiro atoms. The molecule has 0 aliphatic carbocycles. The Morgan fingerprint density at radius 2 is 1.85 bits per heavy atom. The normalized spacial score (nSPS) is 16.4. The molecule has 2 aliphatic heterocycles. The topological polar surface area (TPSA) is 110 Å². The number of nitrogens with one attached hydrogen (secondary N) is 3. The molecule has 3 amide bonds. The van der Waals surface area contributed by atoms with Crippen LogP contribution in [0.15, 0.2) is 18.2 Å². The maximum Gasteiger partial charge on any atom is 0.416 e. The van der Waals surface area contributed by atoms with Gasteiger partial charge in [0, 0.05) is 68.5 Å². The number of ether oxygens (including phenoxy) is 1. The summed E-state index contributed by atoms with van der Waals surface area (Å²) in [5.41, 5.74) is 3.33. The number of amides is 3. The van der Waals surface area contributed by atoms with Gasteiger partial charge in [-0.05, 0) is 56.8 Å². The molecule has 0 radical (unpaired) electrons. The summed E-state index contributed by atoms with van der Waals surface area (Å²) in [4.78, 5) is 48.4. The van der Waals surface area contributed by atoms with Gasteiger partial charge >= 0.3 is 6.09 Å². The van der Waals surface area contributed by atoms with Gasteiger partial charge in [0.25, 0.3) is 11.8 Å². The number of H-pyrrole nitrogens is 1. The molecule has 216 valence electrons. The van der Waals surface area contributed by atoms with Gasteiger partial charge in [0.05, 0.1) is 11.1 Å². The molecule has 0 unspecified atom stereocenters. The molecular formula is C29H39FN6O4. The number of piperazine rings is 1. The number of hydrogen-bond acceptors (Lipinski definition) is 7. The van der Waals surface area contributed by atoms with Gasteiger partial charge in [0.2, 0.25) is 0 Å². The van der Waals surface area contributed by atoms with Crippen LogP contribution in [0.25, 0.3) is 11.6 Å². The summed E-state index contributed by atoms with van der Waals surface area (Å²) in [5.74, 6) is -1.26. The number of anilines is 1. The molecular weight excluding hydrogens is 515 g/mol. The first kappa shape index (κ1) is 29.4. The molecule has 1 saturated heterocycles.